The van der Waals surface area contributed by atoms with Crippen LogP contribution in [0.4, 0.5) is 0 Å². The number of thioether (sulfide) groups is 1. The minimum atomic E-state index is -1.59. The molecule has 2 aromatic rings. The third kappa shape index (κ3) is 21.3. The molecule has 96 heavy (non-hydrogen) atoms. The van der Waals surface area contributed by atoms with Gasteiger partial charge in [0.2, 0.25) is 53.2 Å². The van der Waals surface area contributed by atoms with Gasteiger partial charge in [-0.3, -0.25) is 58.1 Å². The summed E-state index contributed by atoms with van der Waals surface area (Å²) in [4.78, 5) is 160. The zero-order valence-corrected chi connectivity index (χ0v) is 54.8. The van der Waals surface area contributed by atoms with Gasteiger partial charge < -0.3 is 102 Å². The lowest BCUT2D eigenvalue weighted by atomic mass is 9.84. The zero-order chi connectivity index (χ0) is 69.6. The minimum Gasteiger partial charge on any atom is -0.480 e. The highest BCUT2D eigenvalue weighted by Gasteiger charge is 2.51. The molecular weight excluding hydrogens is 1260 g/mol. The van der Waals surface area contributed by atoms with Gasteiger partial charge in [-0.1, -0.05) is 61.4 Å². The Morgan fingerprint density at radius 2 is 1.21 bits per heavy atom. The van der Waals surface area contributed by atoms with Crippen LogP contribution in [0.1, 0.15) is 102 Å². The predicted molar refractivity (Wildman–Crippen MR) is 356 cm³/mol. The van der Waals surface area contributed by atoms with Crippen LogP contribution in [0.25, 0.3) is 0 Å². The van der Waals surface area contributed by atoms with Crippen LogP contribution in [0, 0.1) is 11.8 Å². The number of aliphatic hydroxyl groups excluding tert-OH is 2. The van der Waals surface area contributed by atoms with Crippen molar-refractivity contribution < 1.29 is 63.3 Å². The molecule has 4 saturated heterocycles. The number of likely N-dealkylation sites (tertiary alicyclic amines) is 4. The second-order valence-corrected chi connectivity index (χ2v) is 26.5. The molecule has 4 aliphatic heterocycles. The topological polar surface area (TPSA) is 524 Å². The van der Waals surface area contributed by atoms with E-state index in [2.05, 4.69) is 41.6 Å². The van der Waals surface area contributed by atoms with E-state index in [1.807, 2.05) is 30.3 Å². The molecule has 0 aromatic heterocycles. The van der Waals surface area contributed by atoms with Crippen LogP contribution in [0.15, 0.2) is 80.5 Å². The maximum Gasteiger partial charge on any atom is 0.326 e. The number of guanidine groups is 3. The molecule has 5 aliphatic rings. The fraction of sp³-hybridized carbons (Fsp3) is 0.603. The molecule has 3 unspecified atom stereocenters. The monoisotopic (exact) mass is 1360 g/mol. The van der Waals surface area contributed by atoms with Crippen molar-refractivity contribution >= 4 is 88.8 Å². The number of hydrogen-bond donors (Lipinski definition) is 15. The molecule has 0 spiro atoms. The maximum atomic E-state index is 15.3. The van der Waals surface area contributed by atoms with Gasteiger partial charge in [-0.05, 0) is 101 Å². The van der Waals surface area contributed by atoms with Crippen molar-refractivity contribution in [2.24, 2.45) is 66.9 Å². The summed E-state index contributed by atoms with van der Waals surface area (Å²) >= 11 is 1.44. The molecular formula is C63H95N19O13S. The maximum absolute atomic E-state index is 15.3. The third-order valence-corrected chi connectivity index (χ3v) is 19.2. The van der Waals surface area contributed by atoms with E-state index < -0.39 is 132 Å². The number of piperidine rings is 1. The summed E-state index contributed by atoms with van der Waals surface area (Å²) in [7, 11) is 0. The van der Waals surface area contributed by atoms with Gasteiger partial charge in [0.05, 0.1) is 31.2 Å². The number of rotatable bonds is 32. The number of aliphatic carboxylic acids is 1. The quantitative estimate of drug-likeness (QED) is 0.0188. The summed E-state index contributed by atoms with van der Waals surface area (Å²) in [5, 5.41) is 44.8. The highest BCUT2D eigenvalue weighted by atomic mass is 32.2. The first-order valence-corrected chi connectivity index (χ1v) is 33.7. The van der Waals surface area contributed by atoms with E-state index in [0.29, 0.717) is 31.2 Å². The summed E-state index contributed by atoms with van der Waals surface area (Å²) in [5.41, 5.74) is 39.5. The molecule has 0 radical (unpaired) electrons. The van der Waals surface area contributed by atoms with Crippen molar-refractivity contribution in [1.29, 1.82) is 0 Å². The van der Waals surface area contributed by atoms with Gasteiger partial charge in [0.15, 0.2) is 17.9 Å². The first kappa shape index (κ1) is 74.6. The SMILES string of the molecule is NC(N)=NCCC[C@@H](N)C(=O)N[C@@H](CCCN=C(N)N)C(=O)N1CCC[C@H]1C(=O)N1CC(O)C[C@H]1C(=O)NCC(=O)N[C@@H](Cc1ccccc1)C(=O)N[C@@H](CO)C(=O)N1CC(Sc2ccccc2)CC(C(=O)N2[C@H](C(=O)N[C@@H](CCCN=C(N)N)C(=O)O)C[C@@H]3CCCC[C@@H]32)C1. The van der Waals surface area contributed by atoms with Crippen LogP contribution < -0.4 is 66.7 Å². The molecule has 1 aliphatic carbocycles. The summed E-state index contributed by atoms with van der Waals surface area (Å²) in [6, 6.07) is 7.80. The number of nitrogens with one attached hydrogen (secondary N) is 5. The smallest absolute Gasteiger partial charge is 0.326 e. The van der Waals surface area contributed by atoms with Crippen molar-refractivity contribution in [2.75, 3.05) is 59.0 Å². The van der Waals surface area contributed by atoms with Gasteiger partial charge >= 0.3 is 5.97 Å². The molecule has 9 amide bonds. The number of carboxylic acid groups (broad SMARTS) is 1. The number of hydrogen-bond acceptors (Lipinski definition) is 17. The average molecular weight is 1360 g/mol. The van der Waals surface area contributed by atoms with E-state index in [1.54, 1.807) is 35.2 Å². The van der Waals surface area contributed by atoms with E-state index >= 15 is 4.79 Å². The normalized spacial score (nSPS) is 22.9. The Labute approximate surface area is 561 Å². The highest BCUT2D eigenvalue weighted by Crippen LogP contribution is 2.42. The lowest BCUT2D eigenvalue weighted by molar-refractivity contribution is -0.149. The molecule has 22 N–H and O–H groups in total. The first-order valence-electron chi connectivity index (χ1n) is 32.8. The van der Waals surface area contributed by atoms with Crippen molar-refractivity contribution in [1.82, 2.24) is 46.2 Å². The Hall–Kier alpha value is -8.82. The number of fused-ring (bicyclic) bond motifs is 1. The number of aliphatic imine (C=N–C) groups is 3. The van der Waals surface area contributed by atoms with Gasteiger partial charge in [0.25, 0.3) is 0 Å². The molecule has 5 fully saturated rings. The van der Waals surface area contributed by atoms with Crippen LogP contribution >= 0.6 is 11.8 Å². The number of carboxylic acids is 1. The van der Waals surface area contributed by atoms with Gasteiger partial charge in [-0.25, -0.2) is 4.79 Å². The van der Waals surface area contributed by atoms with Crippen LogP contribution in [-0.4, -0.2) is 237 Å². The number of aliphatic hydroxyl groups is 2. The Balaban J connectivity index is 1.02. The second-order valence-electron chi connectivity index (χ2n) is 25.1. The Morgan fingerprint density at radius 3 is 1.84 bits per heavy atom. The third-order valence-electron chi connectivity index (χ3n) is 18.0. The van der Waals surface area contributed by atoms with E-state index in [4.69, 9.17) is 40.1 Å². The van der Waals surface area contributed by atoms with E-state index in [0.717, 1.165) is 29.1 Å². The van der Waals surface area contributed by atoms with Gasteiger partial charge in [0.1, 0.15) is 42.3 Å². The molecule has 1 saturated carbocycles. The van der Waals surface area contributed by atoms with Crippen molar-refractivity contribution in [3.8, 4) is 0 Å². The number of carbonyl (C=O) groups is 10. The van der Waals surface area contributed by atoms with Crippen LogP contribution in [0.3, 0.4) is 0 Å². The molecule has 32 nitrogen and oxygen atoms in total. The fourth-order valence-corrected chi connectivity index (χ4v) is 14.7. The summed E-state index contributed by atoms with van der Waals surface area (Å²) in [5.74, 6) is -8.71. The molecule has 526 valence electrons. The zero-order valence-electron chi connectivity index (χ0n) is 54.0. The van der Waals surface area contributed by atoms with Crippen molar-refractivity contribution in [2.45, 2.75) is 173 Å². The molecule has 7 rings (SSSR count). The lowest BCUT2D eigenvalue weighted by Gasteiger charge is -2.42. The average Bonchev–Trinajstić information content (AvgIpc) is 1.56. The number of nitrogens with zero attached hydrogens (tertiary/aromatic N) is 7. The van der Waals surface area contributed by atoms with Gasteiger partial charge in [-0.15, -0.1) is 11.8 Å². The Morgan fingerprint density at radius 1 is 0.594 bits per heavy atom. The van der Waals surface area contributed by atoms with Gasteiger partial charge in [-0.2, -0.15) is 0 Å². The Bertz CT molecular complexity index is 3120. The van der Waals surface area contributed by atoms with Crippen molar-refractivity contribution in [3.63, 3.8) is 0 Å². The minimum absolute atomic E-state index is 0.0253. The molecule has 2 aromatic carbocycles. The van der Waals surface area contributed by atoms with Crippen LogP contribution in [0.5, 0.6) is 0 Å². The number of carbonyl (C=O) groups excluding carboxylic acids is 9. The number of nitrogens with two attached hydrogens (primary N) is 7. The van der Waals surface area contributed by atoms with Crippen molar-refractivity contribution in [3.05, 3.63) is 66.2 Å². The second kappa shape index (κ2) is 36.3. The lowest BCUT2D eigenvalue weighted by Crippen LogP contribution is -2.60. The first-order chi connectivity index (χ1) is 45.9. The molecule has 0 bridgehead atoms. The summed E-state index contributed by atoms with van der Waals surface area (Å²) in [6.07, 6.45) is 3.96. The Kier molecular flexibility index (Phi) is 28.2. The number of benzene rings is 2. The number of β-amino-alcohol motifs (C(OH)–C–C–N with tert-alkyl or cyclic N) is 1. The van der Waals surface area contributed by atoms with Gasteiger partial charge in [0, 0.05) is 74.8 Å². The fourth-order valence-electron chi connectivity index (χ4n) is 13.4. The number of amides is 9. The van der Waals surface area contributed by atoms with Crippen LogP contribution in [-0.2, 0) is 54.4 Å². The highest BCUT2D eigenvalue weighted by molar-refractivity contribution is 8.00. The van der Waals surface area contributed by atoms with E-state index in [-0.39, 0.29) is 139 Å². The van der Waals surface area contributed by atoms with E-state index in [9.17, 15) is 58.5 Å². The standard InChI is InChI=1S/C63H95N19O13S/c64-42(18-9-23-71-61(65)66)52(86)76-43(19-10-24-72-62(67)68)58(92)80-26-12-22-48(80)59(93)81-33-39(84)30-49(81)54(88)74-31-51(85)75-45(27-36-13-3-1-4-14-36)53(87)78-46(35-83)57(91)79-32-38(28-41(34-79)96-40-16-5-2-6-17-40)56(90)82-47-21-8-7-15-37(47)29-50(82)55(89)77-44(60(94)95)20-11-25-73-63(69)70/h1-6,13-14,16-17,37-39,41-50,83-84H,7-12,15,18-35,64H2,(H,74,88)(H,75,85)(H,76,86)(H,77,89)(H,78,87)(H,94,95)(H4,65,66,71)(H4,67,68,72)(H4,69,70,73)/t37-,38?,39?,41?,42+,43-,44-,45-,46-,47-,48-,49-,50-/m0/s1. The molecule has 4 heterocycles. The van der Waals surface area contributed by atoms with E-state index in [1.165, 1.54) is 21.6 Å². The summed E-state index contributed by atoms with van der Waals surface area (Å²) in [6.45, 7) is -1.31. The molecule has 13 atom stereocenters. The summed E-state index contributed by atoms with van der Waals surface area (Å²) < 4.78 is 0. The predicted octanol–water partition coefficient (Wildman–Crippen LogP) is -4.03. The molecule has 33 heteroatoms. The largest absolute Gasteiger partial charge is 0.480 e. The van der Waals surface area contributed by atoms with Crippen LogP contribution in [0.2, 0.25) is 0 Å².